The first kappa shape index (κ1) is 11.5. The number of hydrogen-bond acceptors (Lipinski definition) is 4. The van der Waals surface area contributed by atoms with Crippen molar-refractivity contribution in [3.63, 3.8) is 0 Å². The lowest BCUT2D eigenvalue weighted by Crippen LogP contribution is -1.97. The van der Waals surface area contributed by atoms with Gasteiger partial charge in [-0.05, 0) is 23.8 Å². The Bertz CT molecular complexity index is 437. The SMILES string of the molecule is COC(=O)C=Cc1ccc2c(c1)OCCCO2. The van der Waals surface area contributed by atoms with E-state index in [1.54, 1.807) is 6.08 Å². The van der Waals surface area contributed by atoms with Gasteiger partial charge in [-0.1, -0.05) is 6.07 Å². The third-order valence-corrected chi connectivity index (χ3v) is 2.38. The van der Waals surface area contributed by atoms with E-state index in [0.717, 1.165) is 23.5 Å². The molecule has 4 nitrogen and oxygen atoms in total. The van der Waals surface area contributed by atoms with Crippen molar-refractivity contribution in [1.29, 1.82) is 0 Å². The Balaban J connectivity index is 2.18. The van der Waals surface area contributed by atoms with Crippen LogP contribution in [-0.4, -0.2) is 26.3 Å². The van der Waals surface area contributed by atoms with Crippen LogP contribution in [0.15, 0.2) is 24.3 Å². The van der Waals surface area contributed by atoms with Crippen LogP contribution in [0.5, 0.6) is 11.5 Å². The highest BCUT2D eigenvalue weighted by Gasteiger charge is 2.09. The number of carbonyl (C=O) groups excluding carboxylic acids is 1. The lowest BCUT2D eigenvalue weighted by Gasteiger charge is -2.07. The Morgan fingerprint density at radius 3 is 2.82 bits per heavy atom. The van der Waals surface area contributed by atoms with Crippen LogP contribution in [0, 0.1) is 0 Å². The van der Waals surface area contributed by atoms with Crippen LogP contribution in [0.25, 0.3) is 6.08 Å². The quantitative estimate of drug-likeness (QED) is 0.580. The second kappa shape index (κ2) is 5.39. The number of methoxy groups -OCH3 is 1. The molecule has 0 spiro atoms. The molecule has 0 amide bonds. The molecule has 0 radical (unpaired) electrons. The molecular weight excluding hydrogens is 220 g/mol. The zero-order valence-electron chi connectivity index (χ0n) is 9.64. The van der Waals surface area contributed by atoms with Gasteiger partial charge in [0.15, 0.2) is 11.5 Å². The fourth-order valence-corrected chi connectivity index (χ4v) is 1.52. The largest absolute Gasteiger partial charge is 0.490 e. The van der Waals surface area contributed by atoms with E-state index >= 15 is 0 Å². The minimum atomic E-state index is -0.378. The smallest absolute Gasteiger partial charge is 0.330 e. The third kappa shape index (κ3) is 3.00. The molecule has 0 saturated heterocycles. The number of ether oxygens (including phenoxy) is 3. The van der Waals surface area contributed by atoms with E-state index in [4.69, 9.17) is 9.47 Å². The second-order valence-electron chi connectivity index (χ2n) is 3.61. The molecule has 0 fully saturated rings. The average Bonchev–Trinajstić information content (AvgIpc) is 2.60. The fourth-order valence-electron chi connectivity index (χ4n) is 1.52. The van der Waals surface area contributed by atoms with E-state index in [1.165, 1.54) is 13.2 Å². The Kier molecular flexibility index (Phi) is 3.65. The fraction of sp³-hybridized carbons (Fsp3) is 0.308. The zero-order chi connectivity index (χ0) is 12.1. The summed E-state index contributed by atoms with van der Waals surface area (Å²) in [5.41, 5.74) is 0.875. The highest BCUT2D eigenvalue weighted by atomic mass is 16.5. The van der Waals surface area contributed by atoms with Gasteiger partial charge in [-0.2, -0.15) is 0 Å². The minimum Gasteiger partial charge on any atom is -0.490 e. The van der Waals surface area contributed by atoms with Crippen LogP contribution in [0.2, 0.25) is 0 Å². The van der Waals surface area contributed by atoms with E-state index in [0.29, 0.717) is 13.2 Å². The minimum absolute atomic E-state index is 0.378. The van der Waals surface area contributed by atoms with Crippen LogP contribution < -0.4 is 9.47 Å². The number of hydrogen-bond donors (Lipinski definition) is 0. The Morgan fingerprint density at radius 1 is 1.29 bits per heavy atom. The van der Waals surface area contributed by atoms with Crippen LogP contribution in [0.3, 0.4) is 0 Å². The topological polar surface area (TPSA) is 44.8 Å². The number of carbonyl (C=O) groups is 1. The maximum absolute atomic E-state index is 11.0. The second-order valence-corrected chi connectivity index (χ2v) is 3.61. The van der Waals surface area contributed by atoms with Gasteiger partial charge >= 0.3 is 5.97 Å². The molecule has 0 atom stereocenters. The van der Waals surface area contributed by atoms with E-state index in [1.807, 2.05) is 18.2 Å². The normalized spacial score (nSPS) is 14.4. The maximum atomic E-state index is 11.0. The number of rotatable bonds is 2. The third-order valence-electron chi connectivity index (χ3n) is 2.38. The van der Waals surface area contributed by atoms with Gasteiger partial charge in [0.1, 0.15) is 0 Å². The summed E-state index contributed by atoms with van der Waals surface area (Å²) in [5, 5.41) is 0. The zero-order valence-corrected chi connectivity index (χ0v) is 9.64. The van der Waals surface area contributed by atoms with Crippen molar-refractivity contribution in [1.82, 2.24) is 0 Å². The molecular formula is C13H14O4. The molecule has 1 heterocycles. The molecule has 0 N–H and O–H groups in total. The molecule has 0 aromatic heterocycles. The number of fused-ring (bicyclic) bond motifs is 1. The van der Waals surface area contributed by atoms with E-state index in [2.05, 4.69) is 4.74 Å². The molecule has 0 aliphatic carbocycles. The highest BCUT2D eigenvalue weighted by molar-refractivity contribution is 5.87. The summed E-state index contributed by atoms with van der Waals surface area (Å²) in [6.45, 7) is 1.32. The van der Waals surface area contributed by atoms with Gasteiger partial charge in [-0.3, -0.25) is 0 Å². The first-order chi connectivity index (χ1) is 8.29. The monoisotopic (exact) mass is 234 g/mol. The summed E-state index contributed by atoms with van der Waals surface area (Å²) in [5.74, 6) is 1.09. The van der Waals surface area contributed by atoms with Gasteiger partial charge in [0, 0.05) is 12.5 Å². The molecule has 1 aromatic rings. The molecule has 1 aliphatic rings. The van der Waals surface area contributed by atoms with Crippen molar-refractivity contribution in [2.24, 2.45) is 0 Å². The molecule has 0 bridgehead atoms. The van der Waals surface area contributed by atoms with Gasteiger partial charge in [-0.25, -0.2) is 4.79 Å². The van der Waals surface area contributed by atoms with Crippen molar-refractivity contribution in [2.75, 3.05) is 20.3 Å². The average molecular weight is 234 g/mol. The van der Waals surface area contributed by atoms with E-state index < -0.39 is 0 Å². The molecule has 1 aliphatic heterocycles. The maximum Gasteiger partial charge on any atom is 0.330 e. The van der Waals surface area contributed by atoms with Crippen LogP contribution >= 0.6 is 0 Å². The Labute approximate surface area is 99.8 Å². The molecule has 0 unspecified atom stereocenters. The Morgan fingerprint density at radius 2 is 2.06 bits per heavy atom. The van der Waals surface area contributed by atoms with Crippen molar-refractivity contribution < 1.29 is 19.0 Å². The van der Waals surface area contributed by atoms with Crippen LogP contribution in [0.4, 0.5) is 0 Å². The van der Waals surface area contributed by atoms with Crippen LogP contribution in [-0.2, 0) is 9.53 Å². The molecule has 4 heteroatoms. The summed E-state index contributed by atoms with van der Waals surface area (Å²) < 4.78 is 15.6. The van der Waals surface area contributed by atoms with Crippen molar-refractivity contribution in [2.45, 2.75) is 6.42 Å². The number of benzene rings is 1. The van der Waals surface area contributed by atoms with Gasteiger partial charge in [0.25, 0.3) is 0 Å². The molecule has 17 heavy (non-hydrogen) atoms. The Hall–Kier alpha value is -1.97. The molecule has 90 valence electrons. The number of esters is 1. The van der Waals surface area contributed by atoms with E-state index in [-0.39, 0.29) is 5.97 Å². The van der Waals surface area contributed by atoms with Crippen LogP contribution in [0.1, 0.15) is 12.0 Å². The van der Waals surface area contributed by atoms with Gasteiger partial charge in [0.2, 0.25) is 0 Å². The lowest BCUT2D eigenvalue weighted by atomic mass is 10.2. The summed E-state index contributed by atoms with van der Waals surface area (Å²) in [6.07, 6.45) is 3.93. The van der Waals surface area contributed by atoms with E-state index in [9.17, 15) is 4.79 Å². The van der Waals surface area contributed by atoms with Crippen molar-refractivity contribution in [3.8, 4) is 11.5 Å². The summed E-state index contributed by atoms with van der Waals surface area (Å²) >= 11 is 0. The van der Waals surface area contributed by atoms with Crippen molar-refractivity contribution >= 4 is 12.0 Å². The van der Waals surface area contributed by atoms with Gasteiger partial charge in [0.05, 0.1) is 20.3 Å². The molecule has 1 aromatic carbocycles. The van der Waals surface area contributed by atoms with Crippen molar-refractivity contribution in [3.05, 3.63) is 29.8 Å². The first-order valence-electron chi connectivity index (χ1n) is 5.45. The molecule has 0 saturated carbocycles. The predicted octanol–water partition coefficient (Wildman–Crippen LogP) is 2.03. The standard InChI is InChI=1S/C13H14O4/c1-15-13(14)6-4-10-3-5-11-12(9-10)17-8-2-7-16-11/h3-6,9H,2,7-8H2,1H3. The van der Waals surface area contributed by atoms with Gasteiger partial charge in [-0.15, -0.1) is 0 Å². The first-order valence-corrected chi connectivity index (χ1v) is 5.45. The summed E-state index contributed by atoms with van der Waals surface area (Å²) in [4.78, 5) is 11.0. The summed E-state index contributed by atoms with van der Waals surface area (Å²) in [7, 11) is 1.35. The molecule has 2 rings (SSSR count). The summed E-state index contributed by atoms with van der Waals surface area (Å²) in [6, 6.07) is 5.56. The lowest BCUT2D eigenvalue weighted by molar-refractivity contribution is -0.134. The van der Waals surface area contributed by atoms with Gasteiger partial charge < -0.3 is 14.2 Å². The highest BCUT2D eigenvalue weighted by Crippen LogP contribution is 2.30. The predicted molar refractivity (Wildman–Crippen MR) is 63.1 cm³/mol.